The second-order valence-corrected chi connectivity index (χ2v) is 6.64. The Morgan fingerprint density at radius 1 is 1.50 bits per heavy atom. The lowest BCUT2D eigenvalue weighted by Crippen LogP contribution is -2.26. The van der Waals surface area contributed by atoms with E-state index in [0.29, 0.717) is 6.04 Å². The minimum atomic E-state index is 0.442. The molecule has 0 saturated carbocycles. The predicted molar refractivity (Wildman–Crippen MR) is 77.5 cm³/mol. The quantitative estimate of drug-likeness (QED) is 0.901. The fraction of sp³-hybridized carbons (Fsp3) is 0.600. The summed E-state index contributed by atoms with van der Waals surface area (Å²) in [6.07, 6.45) is 3.83. The first-order chi connectivity index (χ1) is 8.83. The average Bonchev–Trinajstić information content (AvgIpc) is 3.05. The number of hydrogen-bond donors (Lipinski definition) is 1. The maximum atomic E-state index is 5.55. The topological polar surface area (TPSA) is 21.3 Å². The van der Waals surface area contributed by atoms with Crippen molar-refractivity contribution in [1.29, 1.82) is 0 Å². The number of fused-ring (bicyclic) bond motifs is 1. The molecule has 3 rings (SSSR count). The molecule has 2 aliphatic rings. The van der Waals surface area contributed by atoms with Gasteiger partial charge in [0.05, 0.1) is 6.61 Å². The summed E-state index contributed by atoms with van der Waals surface area (Å²) in [5, 5.41) is 4.49. The molecular weight excluding hydrogens is 242 g/mol. The van der Waals surface area contributed by atoms with Crippen molar-refractivity contribution in [3.05, 3.63) is 29.3 Å². The van der Waals surface area contributed by atoms with E-state index in [-0.39, 0.29) is 0 Å². The molecule has 1 saturated heterocycles. The van der Waals surface area contributed by atoms with E-state index in [0.717, 1.165) is 30.6 Å². The summed E-state index contributed by atoms with van der Waals surface area (Å²) in [7, 11) is 0. The molecule has 0 aromatic heterocycles. The second-order valence-electron chi connectivity index (χ2n) is 5.23. The first-order valence-electron chi connectivity index (χ1n) is 6.93. The standard InChI is InChI=1S/C15H21NOS/c1-11(16-10-14-3-2-8-18-14)12-4-5-15-13(9-12)6-7-17-15/h4-5,9,11,14,16H,2-3,6-8,10H2,1H3. The van der Waals surface area contributed by atoms with Crippen LogP contribution in [-0.4, -0.2) is 24.2 Å². The smallest absolute Gasteiger partial charge is 0.122 e. The third-order valence-corrected chi connectivity index (χ3v) is 5.29. The van der Waals surface area contributed by atoms with Crippen LogP contribution in [0.15, 0.2) is 18.2 Å². The molecule has 1 aromatic carbocycles. The number of benzene rings is 1. The molecule has 1 aromatic rings. The van der Waals surface area contributed by atoms with E-state index in [9.17, 15) is 0 Å². The van der Waals surface area contributed by atoms with Gasteiger partial charge in [-0.05, 0) is 42.7 Å². The lowest BCUT2D eigenvalue weighted by Gasteiger charge is -2.17. The number of thioether (sulfide) groups is 1. The lowest BCUT2D eigenvalue weighted by atomic mass is 10.0. The molecule has 18 heavy (non-hydrogen) atoms. The average molecular weight is 263 g/mol. The lowest BCUT2D eigenvalue weighted by molar-refractivity contribution is 0.356. The summed E-state index contributed by atoms with van der Waals surface area (Å²) in [6.45, 7) is 4.25. The van der Waals surface area contributed by atoms with E-state index in [1.165, 1.54) is 29.7 Å². The third kappa shape index (κ3) is 2.67. The predicted octanol–water partition coefficient (Wildman–Crippen LogP) is 3.17. The molecule has 2 aliphatic heterocycles. The normalized spacial score (nSPS) is 23.7. The van der Waals surface area contributed by atoms with Crippen LogP contribution in [0.5, 0.6) is 5.75 Å². The van der Waals surface area contributed by atoms with Crippen molar-refractivity contribution >= 4 is 11.8 Å². The number of rotatable bonds is 4. The number of hydrogen-bond acceptors (Lipinski definition) is 3. The van der Waals surface area contributed by atoms with Crippen molar-refractivity contribution in [2.75, 3.05) is 18.9 Å². The maximum Gasteiger partial charge on any atom is 0.122 e. The number of ether oxygens (including phenoxy) is 1. The Morgan fingerprint density at radius 3 is 3.28 bits per heavy atom. The summed E-state index contributed by atoms with van der Waals surface area (Å²) in [5.41, 5.74) is 2.76. The fourth-order valence-corrected chi connectivity index (χ4v) is 3.92. The Bertz CT molecular complexity index is 415. The van der Waals surface area contributed by atoms with Gasteiger partial charge in [0.1, 0.15) is 5.75 Å². The summed E-state index contributed by atoms with van der Waals surface area (Å²) >= 11 is 2.12. The Hall–Kier alpha value is -0.670. The van der Waals surface area contributed by atoms with Gasteiger partial charge < -0.3 is 10.1 Å². The van der Waals surface area contributed by atoms with E-state index in [1.54, 1.807) is 0 Å². The molecule has 1 fully saturated rings. The van der Waals surface area contributed by atoms with Crippen LogP contribution in [-0.2, 0) is 6.42 Å². The molecule has 1 N–H and O–H groups in total. The molecule has 2 atom stereocenters. The summed E-state index contributed by atoms with van der Waals surface area (Å²) in [5.74, 6) is 2.42. The monoisotopic (exact) mass is 263 g/mol. The van der Waals surface area contributed by atoms with Gasteiger partial charge in [-0.15, -0.1) is 0 Å². The fourth-order valence-electron chi connectivity index (χ4n) is 2.71. The zero-order valence-electron chi connectivity index (χ0n) is 10.9. The summed E-state index contributed by atoms with van der Waals surface area (Å²) < 4.78 is 5.55. The van der Waals surface area contributed by atoms with Gasteiger partial charge in [-0.3, -0.25) is 0 Å². The molecular formula is C15H21NOS. The molecule has 98 valence electrons. The van der Waals surface area contributed by atoms with E-state index >= 15 is 0 Å². The summed E-state index contributed by atoms with van der Waals surface area (Å²) in [4.78, 5) is 0. The molecule has 3 heteroatoms. The molecule has 2 heterocycles. The van der Waals surface area contributed by atoms with Gasteiger partial charge >= 0.3 is 0 Å². The van der Waals surface area contributed by atoms with Gasteiger partial charge in [0.15, 0.2) is 0 Å². The SMILES string of the molecule is CC(NCC1CCCS1)c1ccc2c(c1)CCO2. The molecule has 0 aliphatic carbocycles. The van der Waals surface area contributed by atoms with Gasteiger partial charge in [-0.25, -0.2) is 0 Å². The molecule has 0 radical (unpaired) electrons. The van der Waals surface area contributed by atoms with E-state index in [2.05, 4.69) is 42.2 Å². The van der Waals surface area contributed by atoms with Crippen molar-refractivity contribution in [2.24, 2.45) is 0 Å². The van der Waals surface area contributed by atoms with Crippen LogP contribution in [0.3, 0.4) is 0 Å². The molecule has 0 bridgehead atoms. The highest BCUT2D eigenvalue weighted by Crippen LogP contribution is 2.29. The van der Waals surface area contributed by atoms with Crippen molar-refractivity contribution in [3.63, 3.8) is 0 Å². The minimum absolute atomic E-state index is 0.442. The summed E-state index contributed by atoms with van der Waals surface area (Å²) in [6, 6.07) is 7.07. The van der Waals surface area contributed by atoms with Crippen LogP contribution in [0.25, 0.3) is 0 Å². The molecule has 2 unspecified atom stereocenters. The van der Waals surface area contributed by atoms with E-state index < -0.39 is 0 Å². The maximum absolute atomic E-state index is 5.55. The third-order valence-electron chi connectivity index (χ3n) is 3.89. The van der Waals surface area contributed by atoms with Crippen LogP contribution in [0.2, 0.25) is 0 Å². The zero-order chi connectivity index (χ0) is 12.4. The van der Waals surface area contributed by atoms with Gasteiger partial charge in [0.25, 0.3) is 0 Å². The largest absolute Gasteiger partial charge is 0.493 e. The van der Waals surface area contributed by atoms with Crippen LogP contribution in [0, 0.1) is 0 Å². The van der Waals surface area contributed by atoms with Crippen LogP contribution >= 0.6 is 11.8 Å². The Balaban J connectivity index is 1.59. The first-order valence-corrected chi connectivity index (χ1v) is 7.98. The molecule has 2 nitrogen and oxygen atoms in total. The van der Waals surface area contributed by atoms with Crippen LogP contribution in [0.1, 0.15) is 36.9 Å². The van der Waals surface area contributed by atoms with Gasteiger partial charge in [-0.1, -0.05) is 12.1 Å². The molecule has 0 amide bonds. The number of nitrogens with one attached hydrogen (secondary N) is 1. The van der Waals surface area contributed by atoms with Crippen molar-refractivity contribution < 1.29 is 4.74 Å². The van der Waals surface area contributed by atoms with E-state index in [4.69, 9.17) is 4.74 Å². The first kappa shape index (κ1) is 12.4. The van der Waals surface area contributed by atoms with Crippen molar-refractivity contribution in [2.45, 2.75) is 37.5 Å². The van der Waals surface area contributed by atoms with Crippen LogP contribution < -0.4 is 10.1 Å². The zero-order valence-corrected chi connectivity index (χ0v) is 11.8. The highest BCUT2D eigenvalue weighted by Gasteiger charge is 2.18. The molecule has 0 spiro atoms. The van der Waals surface area contributed by atoms with Crippen molar-refractivity contribution in [3.8, 4) is 5.75 Å². The minimum Gasteiger partial charge on any atom is -0.493 e. The van der Waals surface area contributed by atoms with Gasteiger partial charge in [0.2, 0.25) is 0 Å². The Kier molecular flexibility index (Phi) is 3.80. The highest BCUT2D eigenvalue weighted by molar-refractivity contribution is 8.00. The van der Waals surface area contributed by atoms with Gasteiger partial charge in [0, 0.05) is 24.3 Å². The Morgan fingerprint density at radius 2 is 2.44 bits per heavy atom. The highest BCUT2D eigenvalue weighted by atomic mass is 32.2. The Labute approximate surface area is 113 Å². The van der Waals surface area contributed by atoms with Gasteiger partial charge in [-0.2, -0.15) is 11.8 Å². The van der Waals surface area contributed by atoms with E-state index in [1.807, 2.05) is 0 Å². The second kappa shape index (κ2) is 5.54. The van der Waals surface area contributed by atoms with Crippen molar-refractivity contribution in [1.82, 2.24) is 5.32 Å². The van der Waals surface area contributed by atoms with Crippen LogP contribution in [0.4, 0.5) is 0 Å².